The molecule has 3 rings (SSSR count). The molecule has 11 heteroatoms. The van der Waals surface area contributed by atoms with Gasteiger partial charge in [-0.1, -0.05) is 18.6 Å². The number of alkyl halides is 3. The zero-order valence-corrected chi connectivity index (χ0v) is 16.8. The fourth-order valence-corrected chi connectivity index (χ4v) is 4.72. The average Bonchev–Trinajstić information content (AvgIpc) is 2.67. The summed E-state index contributed by atoms with van der Waals surface area (Å²) in [5.41, 5.74) is 5.83. The Hall–Kier alpha value is -2.24. The van der Waals surface area contributed by atoms with Crippen molar-refractivity contribution in [3.05, 3.63) is 41.7 Å². The predicted octanol–water partition coefficient (Wildman–Crippen LogP) is 3.08. The monoisotopic (exact) mass is 429 g/mol. The van der Waals surface area contributed by atoms with Gasteiger partial charge in [0, 0.05) is 32.4 Å². The van der Waals surface area contributed by atoms with E-state index in [9.17, 15) is 21.6 Å². The predicted molar refractivity (Wildman–Crippen MR) is 103 cm³/mol. The summed E-state index contributed by atoms with van der Waals surface area (Å²) in [7, 11) is -0.888. The van der Waals surface area contributed by atoms with E-state index in [1.54, 1.807) is 0 Å². The molecule has 0 amide bonds. The smallest absolute Gasteiger partial charge is 0.368 e. The molecule has 1 aromatic heterocycles. The molecule has 1 aliphatic rings. The number of anilines is 1. The molecule has 158 valence electrons. The molecular formula is C18H22F3N5O2S. The van der Waals surface area contributed by atoms with Crippen LogP contribution < -0.4 is 5.73 Å². The van der Waals surface area contributed by atoms with Crippen LogP contribution in [0, 0.1) is 0 Å². The first-order valence-electron chi connectivity index (χ1n) is 9.01. The number of nitrogen functional groups attached to an aromatic ring is 1. The third kappa shape index (κ3) is 4.36. The number of halogens is 3. The second kappa shape index (κ2) is 7.88. The maximum absolute atomic E-state index is 13.2. The maximum Gasteiger partial charge on any atom is 0.416 e. The van der Waals surface area contributed by atoms with Crippen molar-refractivity contribution in [3.8, 4) is 11.1 Å². The van der Waals surface area contributed by atoms with Gasteiger partial charge >= 0.3 is 6.18 Å². The molecule has 0 aliphatic carbocycles. The van der Waals surface area contributed by atoms with Crippen molar-refractivity contribution in [1.82, 2.24) is 18.6 Å². The second-order valence-electron chi connectivity index (χ2n) is 7.02. The number of nitrogens with two attached hydrogens (primary N) is 1. The van der Waals surface area contributed by atoms with Crippen LogP contribution in [-0.2, 0) is 16.4 Å². The van der Waals surface area contributed by atoms with Crippen molar-refractivity contribution in [3.63, 3.8) is 0 Å². The van der Waals surface area contributed by atoms with E-state index in [1.165, 1.54) is 36.7 Å². The Morgan fingerprint density at radius 1 is 1.24 bits per heavy atom. The Labute approximate surface area is 167 Å². The van der Waals surface area contributed by atoms with Crippen molar-refractivity contribution in [2.24, 2.45) is 0 Å². The molecule has 1 atom stereocenters. The van der Waals surface area contributed by atoms with Crippen LogP contribution in [0.5, 0.6) is 0 Å². The summed E-state index contributed by atoms with van der Waals surface area (Å²) in [6.07, 6.45) is -1.23. The van der Waals surface area contributed by atoms with Crippen molar-refractivity contribution < 1.29 is 21.6 Å². The summed E-state index contributed by atoms with van der Waals surface area (Å²) < 4.78 is 67.6. The maximum atomic E-state index is 13.2. The van der Waals surface area contributed by atoms with Crippen LogP contribution in [0.1, 0.15) is 36.6 Å². The number of benzene rings is 1. The van der Waals surface area contributed by atoms with Crippen LogP contribution >= 0.6 is 0 Å². The molecule has 2 N–H and O–H groups in total. The van der Waals surface area contributed by atoms with E-state index < -0.39 is 28.0 Å². The number of hydrogen-bond acceptors (Lipinski definition) is 5. The molecule has 7 nitrogen and oxygen atoms in total. The van der Waals surface area contributed by atoms with Crippen LogP contribution in [-0.4, -0.2) is 47.6 Å². The third-order valence-corrected chi connectivity index (χ3v) is 6.82. The van der Waals surface area contributed by atoms with Crippen molar-refractivity contribution in [2.45, 2.75) is 31.5 Å². The Morgan fingerprint density at radius 2 is 1.97 bits per heavy atom. The van der Waals surface area contributed by atoms with Crippen LogP contribution in [0.25, 0.3) is 11.1 Å². The molecule has 0 bridgehead atoms. The minimum atomic E-state index is -4.50. The van der Waals surface area contributed by atoms with Gasteiger partial charge in [-0.2, -0.15) is 30.2 Å². The Bertz CT molecular complexity index is 995. The Morgan fingerprint density at radius 3 is 2.62 bits per heavy atom. The van der Waals surface area contributed by atoms with Gasteiger partial charge in [-0.25, -0.2) is 9.97 Å². The lowest BCUT2D eigenvalue weighted by Gasteiger charge is -2.36. The first-order chi connectivity index (χ1) is 13.5. The topological polar surface area (TPSA) is 92.4 Å². The first kappa shape index (κ1) is 21.5. The summed E-state index contributed by atoms with van der Waals surface area (Å²) in [6, 6.07) is 4.15. The minimum absolute atomic E-state index is 0.0662. The van der Waals surface area contributed by atoms with Crippen LogP contribution in [0.15, 0.2) is 30.5 Å². The van der Waals surface area contributed by atoms with E-state index >= 15 is 0 Å². The van der Waals surface area contributed by atoms with Crippen molar-refractivity contribution in [2.75, 3.05) is 26.4 Å². The Kier molecular flexibility index (Phi) is 5.84. The summed E-state index contributed by atoms with van der Waals surface area (Å²) in [4.78, 5) is 8.18. The third-order valence-electron chi connectivity index (χ3n) is 4.86. The quantitative estimate of drug-likeness (QED) is 0.806. The molecule has 1 fully saturated rings. The zero-order valence-electron chi connectivity index (χ0n) is 16.0. The highest BCUT2D eigenvalue weighted by atomic mass is 32.2. The van der Waals surface area contributed by atoms with Gasteiger partial charge in [0.15, 0.2) is 0 Å². The number of rotatable bonds is 4. The summed E-state index contributed by atoms with van der Waals surface area (Å²) in [5.74, 6) is -0.0662. The van der Waals surface area contributed by atoms with Gasteiger partial charge in [0.1, 0.15) is 0 Å². The lowest BCUT2D eigenvalue weighted by molar-refractivity contribution is -0.137. The van der Waals surface area contributed by atoms with Gasteiger partial charge in [-0.05, 0) is 30.5 Å². The van der Waals surface area contributed by atoms with Gasteiger partial charge in [0.25, 0.3) is 10.2 Å². The number of hydrogen-bond donors (Lipinski definition) is 1. The molecule has 1 aliphatic heterocycles. The normalized spacial score (nSPS) is 18.9. The Balaban J connectivity index is 2.14. The molecule has 1 unspecified atom stereocenters. The highest BCUT2D eigenvalue weighted by Gasteiger charge is 2.37. The van der Waals surface area contributed by atoms with Crippen LogP contribution in [0.4, 0.5) is 19.1 Å². The number of piperidine rings is 1. The highest BCUT2D eigenvalue weighted by molar-refractivity contribution is 7.86. The zero-order chi connectivity index (χ0) is 21.4. The van der Waals surface area contributed by atoms with E-state index in [0.717, 1.165) is 22.9 Å². The summed E-state index contributed by atoms with van der Waals surface area (Å²) in [6.45, 7) is 0.289. The fraction of sp³-hybridized carbons (Fsp3) is 0.444. The molecular weight excluding hydrogens is 407 g/mol. The van der Waals surface area contributed by atoms with Crippen LogP contribution in [0.3, 0.4) is 0 Å². The van der Waals surface area contributed by atoms with Crippen LogP contribution in [0.2, 0.25) is 0 Å². The van der Waals surface area contributed by atoms with Gasteiger partial charge in [-0.3, -0.25) is 0 Å². The van der Waals surface area contributed by atoms with Crippen molar-refractivity contribution in [1.29, 1.82) is 0 Å². The molecule has 2 aromatic rings. The van der Waals surface area contributed by atoms with Crippen molar-refractivity contribution >= 4 is 16.2 Å². The molecule has 29 heavy (non-hydrogen) atoms. The van der Waals surface area contributed by atoms with E-state index in [4.69, 9.17) is 5.73 Å². The first-order valence-corrected chi connectivity index (χ1v) is 10.4. The van der Waals surface area contributed by atoms with E-state index in [-0.39, 0.29) is 18.1 Å². The van der Waals surface area contributed by atoms with E-state index in [0.29, 0.717) is 24.1 Å². The molecule has 1 saturated heterocycles. The number of aromatic nitrogens is 2. The average molecular weight is 429 g/mol. The molecule has 2 heterocycles. The molecule has 0 spiro atoms. The molecule has 0 saturated carbocycles. The standard InChI is InChI=1S/C18H22F3N5O2S/c1-25(2)29(27,28)26-9-4-3-8-15(26)16-14(11-23-17(22)24-16)12-6-5-7-13(10-12)18(19,20)21/h5-7,10-11,15H,3-4,8-9H2,1-2H3,(H2,22,23,24). The lowest BCUT2D eigenvalue weighted by Crippen LogP contribution is -2.45. The molecule has 0 radical (unpaired) electrons. The van der Waals surface area contributed by atoms with Gasteiger partial charge in [0.2, 0.25) is 5.95 Å². The minimum Gasteiger partial charge on any atom is -0.368 e. The number of nitrogens with zero attached hydrogens (tertiary/aromatic N) is 4. The highest BCUT2D eigenvalue weighted by Crippen LogP contribution is 2.39. The summed E-state index contributed by atoms with van der Waals surface area (Å²) >= 11 is 0. The molecule has 1 aromatic carbocycles. The lowest BCUT2D eigenvalue weighted by atomic mass is 9.95. The summed E-state index contributed by atoms with van der Waals surface area (Å²) in [5, 5.41) is 0. The second-order valence-corrected chi connectivity index (χ2v) is 9.11. The van der Waals surface area contributed by atoms with E-state index in [2.05, 4.69) is 9.97 Å². The SMILES string of the molecule is CN(C)S(=O)(=O)N1CCCCC1c1nc(N)ncc1-c1cccc(C(F)(F)F)c1. The fourth-order valence-electron chi connectivity index (χ4n) is 3.41. The van der Waals surface area contributed by atoms with Gasteiger partial charge < -0.3 is 5.73 Å². The van der Waals surface area contributed by atoms with E-state index in [1.807, 2.05) is 0 Å². The van der Waals surface area contributed by atoms with Gasteiger partial charge in [0.05, 0.1) is 17.3 Å². The van der Waals surface area contributed by atoms with Gasteiger partial charge in [-0.15, -0.1) is 0 Å². The largest absolute Gasteiger partial charge is 0.416 e.